The molecule has 1 atom stereocenters. The number of aryl methyl sites for hydroxylation is 1. The average Bonchev–Trinajstić information content (AvgIpc) is 3.09. The number of thiophene rings is 1. The summed E-state index contributed by atoms with van der Waals surface area (Å²) in [5.41, 5.74) is 4.33. The van der Waals surface area contributed by atoms with E-state index in [1.165, 1.54) is 21.6 Å². The van der Waals surface area contributed by atoms with Gasteiger partial charge in [0.05, 0.1) is 13.2 Å². The number of hydrogen-bond donors (Lipinski definition) is 1. The predicted molar refractivity (Wildman–Crippen MR) is 132 cm³/mol. The number of likely N-dealkylation sites (N-methyl/N-ethyl adjacent to an activating group) is 1. The molecule has 168 valence electrons. The first kappa shape index (κ1) is 22.5. The highest BCUT2D eigenvalue weighted by molar-refractivity contribution is 7.16. The van der Waals surface area contributed by atoms with Gasteiger partial charge in [-0.2, -0.15) is 0 Å². The second-order valence-electron chi connectivity index (χ2n) is 8.36. The van der Waals surface area contributed by atoms with Gasteiger partial charge >= 0.3 is 0 Å². The SMILES string of the molecule is COc1ccc([C@H](c2c(NC(=O)c3ccccc3)sc(C)c2C)N2CCN(C)CC2)cc1. The highest BCUT2D eigenvalue weighted by Gasteiger charge is 2.31. The lowest BCUT2D eigenvalue weighted by Crippen LogP contribution is -2.46. The first-order chi connectivity index (χ1) is 15.5. The van der Waals surface area contributed by atoms with E-state index in [9.17, 15) is 4.79 Å². The Morgan fingerprint density at radius 2 is 1.66 bits per heavy atom. The maximum atomic E-state index is 13.0. The summed E-state index contributed by atoms with van der Waals surface area (Å²) in [6.45, 7) is 8.32. The molecule has 0 saturated carbocycles. The molecule has 32 heavy (non-hydrogen) atoms. The third-order valence-electron chi connectivity index (χ3n) is 6.30. The molecule has 1 amide bonds. The predicted octanol–water partition coefficient (Wildman–Crippen LogP) is 4.96. The van der Waals surface area contributed by atoms with Crippen LogP contribution in [0.1, 0.15) is 38.0 Å². The van der Waals surface area contributed by atoms with E-state index in [1.54, 1.807) is 18.4 Å². The van der Waals surface area contributed by atoms with Crippen LogP contribution in [0.5, 0.6) is 5.75 Å². The van der Waals surface area contributed by atoms with Gasteiger partial charge in [0.1, 0.15) is 10.8 Å². The molecule has 6 heteroatoms. The van der Waals surface area contributed by atoms with Crippen LogP contribution in [-0.2, 0) is 0 Å². The van der Waals surface area contributed by atoms with Crippen molar-refractivity contribution in [2.45, 2.75) is 19.9 Å². The average molecular weight is 450 g/mol. The molecule has 1 saturated heterocycles. The molecule has 2 heterocycles. The molecular weight excluding hydrogens is 418 g/mol. The van der Waals surface area contributed by atoms with Crippen molar-refractivity contribution in [2.75, 3.05) is 45.7 Å². The summed E-state index contributed by atoms with van der Waals surface area (Å²) in [4.78, 5) is 19.1. The van der Waals surface area contributed by atoms with Gasteiger partial charge in [0.15, 0.2) is 0 Å². The molecule has 4 rings (SSSR count). The minimum atomic E-state index is -0.0695. The highest BCUT2D eigenvalue weighted by Crippen LogP contribution is 2.42. The van der Waals surface area contributed by atoms with Crippen molar-refractivity contribution in [3.8, 4) is 5.75 Å². The molecule has 2 aromatic carbocycles. The van der Waals surface area contributed by atoms with Crippen LogP contribution < -0.4 is 10.1 Å². The summed E-state index contributed by atoms with van der Waals surface area (Å²) in [7, 11) is 3.86. The van der Waals surface area contributed by atoms with Crippen molar-refractivity contribution in [1.29, 1.82) is 0 Å². The number of ether oxygens (including phenoxy) is 1. The van der Waals surface area contributed by atoms with Gasteiger partial charge in [-0.05, 0) is 56.3 Å². The molecule has 0 radical (unpaired) electrons. The first-order valence-electron chi connectivity index (χ1n) is 11.0. The number of benzene rings is 2. The number of nitrogens with zero attached hydrogens (tertiary/aromatic N) is 2. The van der Waals surface area contributed by atoms with Crippen molar-refractivity contribution in [3.63, 3.8) is 0 Å². The molecule has 1 aromatic heterocycles. The fraction of sp³-hybridized carbons (Fsp3) is 0.346. The van der Waals surface area contributed by atoms with Gasteiger partial charge < -0.3 is 15.0 Å². The van der Waals surface area contributed by atoms with Crippen LogP contribution in [0.2, 0.25) is 0 Å². The van der Waals surface area contributed by atoms with E-state index in [0.717, 1.165) is 36.9 Å². The third kappa shape index (κ3) is 4.72. The zero-order chi connectivity index (χ0) is 22.7. The molecule has 0 aliphatic carbocycles. The number of methoxy groups -OCH3 is 1. The molecule has 5 nitrogen and oxygen atoms in total. The Labute approximate surface area is 194 Å². The largest absolute Gasteiger partial charge is 0.497 e. The van der Waals surface area contributed by atoms with Crippen LogP contribution in [0.15, 0.2) is 54.6 Å². The second-order valence-corrected chi connectivity index (χ2v) is 9.59. The molecule has 1 aliphatic rings. The number of rotatable bonds is 6. The number of nitrogens with one attached hydrogen (secondary N) is 1. The third-order valence-corrected chi connectivity index (χ3v) is 7.44. The topological polar surface area (TPSA) is 44.8 Å². The second kappa shape index (κ2) is 9.86. The van der Waals surface area contributed by atoms with Crippen molar-refractivity contribution in [2.24, 2.45) is 0 Å². The Morgan fingerprint density at radius 3 is 2.28 bits per heavy atom. The number of carbonyl (C=O) groups is 1. The van der Waals surface area contributed by atoms with E-state index in [1.807, 2.05) is 42.5 Å². The van der Waals surface area contributed by atoms with Crippen LogP contribution in [0.25, 0.3) is 0 Å². The Morgan fingerprint density at radius 1 is 1.00 bits per heavy atom. The summed E-state index contributed by atoms with van der Waals surface area (Å²) in [5.74, 6) is 0.779. The summed E-state index contributed by atoms with van der Waals surface area (Å²) in [5, 5.41) is 4.17. The van der Waals surface area contributed by atoms with Crippen molar-refractivity contribution >= 4 is 22.2 Å². The van der Waals surface area contributed by atoms with Crippen LogP contribution in [0.4, 0.5) is 5.00 Å². The Hall–Kier alpha value is -2.67. The fourth-order valence-electron chi connectivity index (χ4n) is 4.26. The normalized spacial score (nSPS) is 16.0. The van der Waals surface area contributed by atoms with E-state index in [2.05, 4.69) is 48.1 Å². The lowest BCUT2D eigenvalue weighted by molar-refractivity contribution is 0.102. The summed E-state index contributed by atoms with van der Waals surface area (Å²) < 4.78 is 5.39. The van der Waals surface area contributed by atoms with Gasteiger partial charge in [-0.25, -0.2) is 0 Å². The van der Waals surface area contributed by atoms with E-state index in [4.69, 9.17) is 4.74 Å². The summed E-state index contributed by atoms with van der Waals surface area (Å²) in [6.07, 6.45) is 0. The highest BCUT2D eigenvalue weighted by atomic mass is 32.1. The maximum Gasteiger partial charge on any atom is 0.256 e. The van der Waals surface area contributed by atoms with Crippen molar-refractivity contribution in [1.82, 2.24) is 9.80 Å². The Balaban J connectivity index is 1.75. The van der Waals surface area contributed by atoms with E-state index in [-0.39, 0.29) is 11.9 Å². The number of amides is 1. The molecule has 0 spiro atoms. The van der Waals surface area contributed by atoms with E-state index in [0.29, 0.717) is 5.56 Å². The molecule has 1 fully saturated rings. The first-order valence-corrected chi connectivity index (χ1v) is 11.8. The smallest absolute Gasteiger partial charge is 0.256 e. The van der Waals surface area contributed by atoms with Crippen LogP contribution in [-0.4, -0.2) is 56.0 Å². The molecule has 1 aliphatic heterocycles. The van der Waals surface area contributed by atoms with Crippen LogP contribution in [0, 0.1) is 13.8 Å². The number of hydrogen-bond acceptors (Lipinski definition) is 5. The Kier molecular flexibility index (Phi) is 6.94. The molecule has 0 unspecified atom stereocenters. The molecule has 3 aromatic rings. The van der Waals surface area contributed by atoms with E-state index >= 15 is 0 Å². The molecule has 0 bridgehead atoms. The monoisotopic (exact) mass is 449 g/mol. The van der Waals surface area contributed by atoms with E-state index < -0.39 is 0 Å². The van der Waals surface area contributed by atoms with Gasteiger partial charge in [-0.3, -0.25) is 9.69 Å². The summed E-state index contributed by atoms with van der Waals surface area (Å²) >= 11 is 1.67. The summed E-state index contributed by atoms with van der Waals surface area (Å²) in [6, 6.07) is 17.8. The zero-order valence-corrected chi connectivity index (χ0v) is 20.0. The number of piperazine rings is 1. The van der Waals surface area contributed by atoms with Crippen LogP contribution >= 0.6 is 11.3 Å². The van der Waals surface area contributed by atoms with Gasteiger partial charge in [0.2, 0.25) is 0 Å². The minimum Gasteiger partial charge on any atom is -0.497 e. The lowest BCUT2D eigenvalue weighted by atomic mass is 9.94. The van der Waals surface area contributed by atoms with Gasteiger partial charge in [-0.1, -0.05) is 30.3 Å². The molecular formula is C26H31N3O2S. The fourth-order valence-corrected chi connectivity index (χ4v) is 5.35. The number of anilines is 1. The minimum absolute atomic E-state index is 0.0695. The number of carbonyl (C=O) groups excluding carboxylic acids is 1. The molecule has 1 N–H and O–H groups in total. The quantitative estimate of drug-likeness (QED) is 0.578. The standard InChI is InChI=1S/C26H31N3O2S/c1-18-19(2)32-26(27-25(30)21-8-6-5-7-9-21)23(18)24(29-16-14-28(3)15-17-29)20-10-12-22(31-4)13-11-20/h5-13,24H,14-17H2,1-4H3,(H,27,30)/t24-/m1/s1. The van der Waals surface area contributed by atoms with Crippen molar-refractivity contribution < 1.29 is 9.53 Å². The van der Waals surface area contributed by atoms with Crippen molar-refractivity contribution in [3.05, 3.63) is 81.7 Å². The lowest BCUT2D eigenvalue weighted by Gasteiger charge is -2.39. The maximum absolute atomic E-state index is 13.0. The van der Waals surface area contributed by atoms with Gasteiger partial charge in [0, 0.05) is 42.2 Å². The van der Waals surface area contributed by atoms with Gasteiger partial charge in [-0.15, -0.1) is 11.3 Å². The van der Waals surface area contributed by atoms with Crippen LogP contribution in [0.3, 0.4) is 0 Å². The van der Waals surface area contributed by atoms with Gasteiger partial charge in [0.25, 0.3) is 5.91 Å². The Bertz CT molecular complexity index is 1050. The zero-order valence-electron chi connectivity index (χ0n) is 19.2.